The number of fused-ring (bicyclic) bond motifs is 3. The molecule has 0 aliphatic carbocycles. The lowest BCUT2D eigenvalue weighted by Crippen LogP contribution is -2.38. The monoisotopic (exact) mass is 448 g/mol. The minimum Gasteiger partial charge on any atom is -0.355 e. The highest BCUT2D eigenvalue weighted by atomic mass is 32.1. The van der Waals surface area contributed by atoms with Crippen molar-refractivity contribution in [3.8, 4) is 0 Å². The van der Waals surface area contributed by atoms with Gasteiger partial charge < -0.3 is 10.2 Å². The molecule has 0 bridgehead atoms. The fraction of sp³-hybridized carbons (Fsp3) is 0.320. The predicted octanol–water partition coefficient (Wildman–Crippen LogP) is 5.71. The van der Waals surface area contributed by atoms with E-state index in [1.165, 1.54) is 23.7 Å². The highest BCUT2D eigenvalue weighted by Gasteiger charge is 2.28. The Morgan fingerprint density at radius 2 is 1.97 bits per heavy atom. The zero-order chi connectivity index (χ0) is 22.2. The van der Waals surface area contributed by atoms with Crippen LogP contribution in [0.15, 0.2) is 42.7 Å². The van der Waals surface area contributed by atoms with E-state index in [0.717, 1.165) is 64.4 Å². The van der Waals surface area contributed by atoms with Crippen LogP contribution in [-0.4, -0.2) is 29.0 Å². The molecule has 0 atom stereocenters. The molecule has 0 unspecified atom stereocenters. The number of aromatic nitrogens is 2. The molecule has 1 saturated heterocycles. The normalized spacial score (nSPS) is 14.9. The Bertz CT molecular complexity index is 1310. The maximum Gasteiger partial charge on any atom is 0.227 e. The second-order valence-electron chi connectivity index (χ2n) is 8.30. The van der Waals surface area contributed by atoms with Gasteiger partial charge in [0, 0.05) is 29.4 Å². The number of anilines is 2. The first-order chi connectivity index (χ1) is 15.6. The van der Waals surface area contributed by atoms with E-state index < -0.39 is 0 Å². The van der Waals surface area contributed by atoms with Gasteiger partial charge >= 0.3 is 0 Å². The second-order valence-corrected chi connectivity index (χ2v) is 9.36. The van der Waals surface area contributed by atoms with Crippen molar-refractivity contribution in [2.45, 2.75) is 33.1 Å². The van der Waals surface area contributed by atoms with Gasteiger partial charge in [-0.25, -0.2) is 14.4 Å². The van der Waals surface area contributed by atoms with Gasteiger partial charge in [-0.3, -0.25) is 4.79 Å². The number of benzene rings is 2. The standard InChI is InChI=1S/C25H25FN4OS/c1-3-16-7-4-6-15(2)21(16)29-25(31)17-10-12-30(13-11-17)24-23-22(27-14-28-24)20-18(26)8-5-9-19(20)32-23/h4-9,14,17H,3,10-13H2,1-2H3,(H,29,31). The average molecular weight is 449 g/mol. The van der Waals surface area contributed by atoms with Crippen LogP contribution in [-0.2, 0) is 11.2 Å². The third kappa shape index (κ3) is 3.60. The maximum absolute atomic E-state index is 14.4. The number of para-hydroxylation sites is 1. The zero-order valence-electron chi connectivity index (χ0n) is 18.2. The van der Waals surface area contributed by atoms with Gasteiger partial charge in [-0.05, 0) is 49.4 Å². The van der Waals surface area contributed by atoms with Crippen LogP contribution in [0.5, 0.6) is 0 Å². The van der Waals surface area contributed by atoms with Crippen molar-refractivity contribution in [3.63, 3.8) is 0 Å². The van der Waals surface area contributed by atoms with Gasteiger partial charge in [0.15, 0.2) is 0 Å². The van der Waals surface area contributed by atoms with Gasteiger partial charge in [0.25, 0.3) is 0 Å². The molecule has 5 rings (SSSR count). The summed E-state index contributed by atoms with van der Waals surface area (Å²) in [5.74, 6) is 0.635. The molecule has 2 aromatic carbocycles. The Morgan fingerprint density at radius 3 is 2.75 bits per heavy atom. The molecule has 2 aromatic heterocycles. The number of aryl methyl sites for hydroxylation is 2. The molecule has 0 spiro atoms. The number of nitrogens with one attached hydrogen (secondary N) is 1. The largest absolute Gasteiger partial charge is 0.355 e. The summed E-state index contributed by atoms with van der Waals surface area (Å²) in [4.78, 5) is 24.1. The van der Waals surface area contributed by atoms with Crippen LogP contribution in [0.2, 0.25) is 0 Å². The minimum atomic E-state index is -0.253. The maximum atomic E-state index is 14.4. The molecule has 1 amide bonds. The van der Waals surface area contributed by atoms with Crippen molar-refractivity contribution in [2.24, 2.45) is 5.92 Å². The first-order valence-electron chi connectivity index (χ1n) is 11.0. The molecular formula is C25H25FN4OS. The topological polar surface area (TPSA) is 58.1 Å². The lowest BCUT2D eigenvalue weighted by atomic mass is 9.95. The summed E-state index contributed by atoms with van der Waals surface area (Å²) in [6.45, 7) is 5.60. The van der Waals surface area contributed by atoms with E-state index in [2.05, 4.69) is 33.2 Å². The van der Waals surface area contributed by atoms with Crippen molar-refractivity contribution in [2.75, 3.05) is 23.3 Å². The first-order valence-corrected chi connectivity index (χ1v) is 11.8. The van der Waals surface area contributed by atoms with E-state index >= 15 is 0 Å². The summed E-state index contributed by atoms with van der Waals surface area (Å²) in [5.41, 5.74) is 3.87. The number of hydrogen-bond donors (Lipinski definition) is 1. The van der Waals surface area contributed by atoms with Crippen LogP contribution in [0.3, 0.4) is 0 Å². The Morgan fingerprint density at radius 1 is 1.19 bits per heavy atom. The summed E-state index contributed by atoms with van der Waals surface area (Å²) < 4.78 is 16.2. The summed E-state index contributed by atoms with van der Waals surface area (Å²) in [6, 6.07) is 11.2. The molecule has 164 valence electrons. The van der Waals surface area contributed by atoms with Crippen LogP contribution < -0.4 is 10.2 Å². The van der Waals surface area contributed by atoms with Crippen molar-refractivity contribution in [1.29, 1.82) is 0 Å². The summed E-state index contributed by atoms with van der Waals surface area (Å²) in [5, 5.41) is 3.75. The van der Waals surface area contributed by atoms with Crippen LogP contribution >= 0.6 is 11.3 Å². The number of carbonyl (C=O) groups excluding carboxylic acids is 1. The van der Waals surface area contributed by atoms with E-state index in [9.17, 15) is 9.18 Å². The van der Waals surface area contributed by atoms with Crippen LogP contribution in [0.25, 0.3) is 20.3 Å². The van der Waals surface area contributed by atoms with Gasteiger partial charge in [0.2, 0.25) is 5.91 Å². The molecule has 3 heterocycles. The highest BCUT2D eigenvalue weighted by molar-refractivity contribution is 7.26. The summed E-state index contributed by atoms with van der Waals surface area (Å²) in [7, 11) is 0. The van der Waals surface area contributed by atoms with E-state index in [4.69, 9.17) is 0 Å². The van der Waals surface area contributed by atoms with Crippen LogP contribution in [0.4, 0.5) is 15.9 Å². The average Bonchev–Trinajstić information content (AvgIpc) is 3.20. The van der Waals surface area contributed by atoms with Gasteiger partial charge in [0.05, 0.1) is 15.6 Å². The van der Waals surface area contributed by atoms with Crippen molar-refractivity contribution >= 4 is 49.1 Å². The molecule has 5 nitrogen and oxygen atoms in total. The number of halogens is 1. The first kappa shape index (κ1) is 20.8. The van der Waals surface area contributed by atoms with Crippen molar-refractivity contribution < 1.29 is 9.18 Å². The Hall–Kier alpha value is -3.06. The van der Waals surface area contributed by atoms with Crippen LogP contribution in [0.1, 0.15) is 30.9 Å². The molecule has 1 aliphatic rings. The smallest absolute Gasteiger partial charge is 0.227 e. The molecule has 0 radical (unpaired) electrons. The molecule has 1 fully saturated rings. The number of carbonyl (C=O) groups is 1. The van der Waals surface area contributed by atoms with E-state index in [1.54, 1.807) is 6.07 Å². The third-order valence-electron chi connectivity index (χ3n) is 6.36. The van der Waals surface area contributed by atoms with Gasteiger partial charge in [-0.1, -0.05) is 31.2 Å². The SMILES string of the molecule is CCc1cccc(C)c1NC(=O)C1CCN(c2ncnc3c2sc2cccc(F)c23)CC1. The molecule has 0 saturated carbocycles. The third-order valence-corrected chi connectivity index (χ3v) is 7.50. The van der Waals surface area contributed by atoms with Crippen molar-refractivity contribution in [1.82, 2.24) is 9.97 Å². The summed E-state index contributed by atoms with van der Waals surface area (Å²) in [6.07, 6.45) is 3.91. The van der Waals surface area contributed by atoms with Gasteiger partial charge in [-0.2, -0.15) is 0 Å². The Balaban J connectivity index is 1.34. The van der Waals surface area contributed by atoms with E-state index in [1.807, 2.05) is 25.1 Å². The number of thiophene rings is 1. The lowest BCUT2D eigenvalue weighted by molar-refractivity contribution is -0.120. The Kier molecular flexibility index (Phi) is 5.51. The fourth-order valence-corrected chi connectivity index (χ4v) is 5.76. The highest BCUT2D eigenvalue weighted by Crippen LogP contribution is 2.39. The number of piperidine rings is 1. The fourth-order valence-electron chi connectivity index (χ4n) is 4.57. The zero-order valence-corrected chi connectivity index (χ0v) is 19.0. The van der Waals surface area contributed by atoms with Gasteiger partial charge in [-0.15, -0.1) is 11.3 Å². The molecule has 7 heteroatoms. The van der Waals surface area contributed by atoms with E-state index in [0.29, 0.717) is 10.9 Å². The van der Waals surface area contributed by atoms with E-state index in [-0.39, 0.29) is 17.6 Å². The number of amides is 1. The Labute approximate surface area is 190 Å². The predicted molar refractivity (Wildman–Crippen MR) is 129 cm³/mol. The number of nitrogens with zero attached hydrogens (tertiary/aromatic N) is 3. The lowest BCUT2D eigenvalue weighted by Gasteiger charge is -2.32. The number of rotatable bonds is 4. The second kappa shape index (κ2) is 8.47. The number of hydrogen-bond acceptors (Lipinski definition) is 5. The minimum absolute atomic E-state index is 0.0345. The van der Waals surface area contributed by atoms with Gasteiger partial charge in [0.1, 0.15) is 18.0 Å². The quantitative estimate of drug-likeness (QED) is 0.434. The summed E-state index contributed by atoms with van der Waals surface area (Å²) >= 11 is 1.52. The van der Waals surface area contributed by atoms with Crippen molar-refractivity contribution in [3.05, 3.63) is 59.7 Å². The molecule has 4 aromatic rings. The molecule has 1 N–H and O–H groups in total. The van der Waals surface area contributed by atoms with Crippen LogP contribution in [0, 0.1) is 18.7 Å². The molecule has 32 heavy (non-hydrogen) atoms. The molecular weight excluding hydrogens is 423 g/mol. The molecule has 1 aliphatic heterocycles.